The maximum atomic E-state index is 13.2. The van der Waals surface area contributed by atoms with Gasteiger partial charge in [0.1, 0.15) is 0 Å². The van der Waals surface area contributed by atoms with E-state index in [0.717, 1.165) is 41.8 Å². The highest BCUT2D eigenvalue weighted by atomic mass is 32.1. The summed E-state index contributed by atoms with van der Waals surface area (Å²) in [5, 5.41) is 3.39. The minimum absolute atomic E-state index is 0.0226. The molecule has 2 aromatic rings. The van der Waals surface area contributed by atoms with Crippen molar-refractivity contribution in [1.82, 2.24) is 9.88 Å². The molecule has 4 rings (SSSR count). The van der Waals surface area contributed by atoms with Gasteiger partial charge in [-0.15, -0.1) is 11.3 Å². The first kappa shape index (κ1) is 21.5. The molecule has 1 fully saturated rings. The Bertz CT molecular complexity index is 985. The fraction of sp³-hybridized carbons (Fsp3) is 0.478. The summed E-state index contributed by atoms with van der Waals surface area (Å²) in [6.45, 7) is 5.18. The Kier molecular flexibility index (Phi) is 6.36. The van der Waals surface area contributed by atoms with Gasteiger partial charge in [-0.1, -0.05) is 17.7 Å². The molecule has 1 aromatic carbocycles. The van der Waals surface area contributed by atoms with Crippen LogP contribution in [-0.2, 0) is 20.7 Å². The number of carbonyl (C=O) groups excluding carboxylic acids is 3. The molecule has 1 aromatic heterocycles. The number of piperidine rings is 1. The highest BCUT2D eigenvalue weighted by Gasteiger charge is 2.38. The molecule has 7 nitrogen and oxygen atoms in total. The number of carbonyl (C=O) groups is 3. The minimum Gasteiger partial charge on any atom is -0.466 e. The SMILES string of the molecule is CCOC(=O)C1CCCN(C(=O)C2CCc3sc(NC(=O)c4ccc(C)cc4)nc32)C1. The van der Waals surface area contributed by atoms with Crippen LogP contribution in [0, 0.1) is 12.8 Å². The van der Waals surface area contributed by atoms with Gasteiger partial charge in [-0.2, -0.15) is 0 Å². The number of ether oxygens (including phenoxy) is 1. The number of hydrogen-bond donors (Lipinski definition) is 1. The first-order chi connectivity index (χ1) is 15.0. The Morgan fingerprint density at radius 2 is 2.00 bits per heavy atom. The van der Waals surface area contributed by atoms with Gasteiger partial charge in [0, 0.05) is 23.5 Å². The normalized spacial score (nSPS) is 20.3. The zero-order valence-electron chi connectivity index (χ0n) is 17.8. The summed E-state index contributed by atoms with van der Waals surface area (Å²) in [5.41, 5.74) is 2.44. The van der Waals surface area contributed by atoms with Gasteiger partial charge >= 0.3 is 5.97 Å². The number of rotatable bonds is 5. The molecular formula is C23H27N3O4S. The van der Waals surface area contributed by atoms with Gasteiger partial charge in [-0.3, -0.25) is 19.7 Å². The minimum atomic E-state index is -0.308. The summed E-state index contributed by atoms with van der Waals surface area (Å²) in [4.78, 5) is 45.3. The molecule has 8 heteroatoms. The van der Waals surface area contributed by atoms with Crippen LogP contribution >= 0.6 is 11.3 Å². The zero-order chi connectivity index (χ0) is 22.0. The Hall–Kier alpha value is -2.74. The topological polar surface area (TPSA) is 88.6 Å². The Labute approximate surface area is 185 Å². The van der Waals surface area contributed by atoms with Crippen molar-refractivity contribution < 1.29 is 19.1 Å². The summed E-state index contributed by atoms with van der Waals surface area (Å²) in [7, 11) is 0. The number of fused-ring (bicyclic) bond motifs is 1. The zero-order valence-corrected chi connectivity index (χ0v) is 18.7. The van der Waals surface area contributed by atoms with Crippen molar-refractivity contribution in [1.29, 1.82) is 0 Å². The van der Waals surface area contributed by atoms with E-state index in [4.69, 9.17) is 4.74 Å². The molecule has 1 aliphatic heterocycles. The predicted molar refractivity (Wildman–Crippen MR) is 118 cm³/mol. The maximum Gasteiger partial charge on any atom is 0.310 e. The number of thiazole rings is 1. The summed E-state index contributed by atoms with van der Waals surface area (Å²) < 4.78 is 5.15. The van der Waals surface area contributed by atoms with E-state index in [1.54, 1.807) is 24.0 Å². The van der Waals surface area contributed by atoms with Crippen LogP contribution in [0.3, 0.4) is 0 Å². The predicted octanol–water partition coefficient (Wildman–Crippen LogP) is 3.54. The van der Waals surface area contributed by atoms with E-state index in [1.807, 2.05) is 19.1 Å². The van der Waals surface area contributed by atoms with Crippen LogP contribution in [0.1, 0.15) is 58.6 Å². The lowest BCUT2D eigenvalue weighted by molar-refractivity contribution is -0.151. The fourth-order valence-corrected chi connectivity index (χ4v) is 5.28. The van der Waals surface area contributed by atoms with Crippen LogP contribution in [-0.4, -0.2) is 47.4 Å². The van der Waals surface area contributed by atoms with Gasteiger partial charge in [0.25, 0.3) is 5.91 Å². The number of benzene rings is 1. The molecule has 2 unspecified atom stereocenters. The van der Waals surface area contributed by atoms with E-state index in [1.165, 1.54) is 11.3 Å². The maximum absolute atomic E-state index is 13.2. The lowest BCUT2D eigenvalue weighted by atomic mass is 9.96. The lowest BCUT2D eigenvalue weighted by Crippen LogP contribution is -2.44. The molecule has 1 N–H and O–H groups in total. The summed E-state index contributed by atoms with van der Waals surface area (Å²) in [6.07, 6.45) is 3.05. The van der Waals surface area contributed by atoms with Gasteiger partial charge in [0.05, 0.1) is 24.1 Å². The van der Waals surface area contributed by atoms with Gasteiger partial charge in [0.2, 0.25) is 5.91 Å². The van der Waals surface area contributed by atoms with Gasteiger partial charge in [0.15, 0.2) is 5.13 Å². The van der Waals surface area contributed by atoms with Crippen LogP contribution in [0.5, 0.6) is 0 Å². The van der Waals surface area contributed by atoms with Crippen molar-refractivity contribution in [3.05, 3.63) is 46.0 Å². The number of aromatic nitrogens is 1. The quantitative estimate of drug-likeness (QED) is 0.717. The highest BCUT2D eigenvalue weighted by molar-refractivity contribution is 7.16. The molecular weight excluding hydrogens is 414 g/mol. The van der Waals surface area contributed by atoms with Crippen molar-refractivity contribution in [3.8, 4) is 0 Å². The standard InChI is InChI=1S/C23H27N3O4S/c1-3-30-22(29)16-5-4-12-26(13-16)21(28)17-10-11-18-19(17)24-23(31-18)25-20(27)15-8-6-14(2)7-9-15/h6-9,16-17H,3-5,10-13H2,1-2H3,(H,24,25,27). The summed E-state index contributed by atoms with van der Waals surface area (Å²) >= 11 is 1.44. The molecule has 2 aliphatic rings. The van der Waals surface area contributed by atoms with E-state index in [9.17, 15) is 14.4 Å². The molecule has 1 aliphatic carbocycles. The largest absolute Gasteiger partial charge is 0.466 e. The van der Waals surface area contributed by atoms with E-state index >= 15 is 0 Å². The first-order valence-electron chi connectivity index (χ1n) is 10.8. The number of amides is 2. The molecule has 164 valence electrons. The van der Waals surface area contributed by atoms with Crippen molar-refractivity contribution >= 4 is 34.3 Å². The third-order valence-corrected chi connectivity index (χ3v) is 6.95. The van der Waals surface area contributed by atoms with E-state index < -0.39 is 0 Å². The second kappa shape index (κ2) is 9.18. The van der Waals surface area contributed by atoms with Crippen molar-refractivity contribution in [2.24, 2.45) is 5.92 Å². The Balaban J connectivity index is 1.43. The van der Waals surface area contributed by atoms with Gasteiger partial charge in [-0.05, 0) is 51.7 Å². The number of nitrogens with one attached hydrogen (secondary N) is 1. The average molecular weight is 442 g/mol. The number of nitrogens with zero attached hydrogens (tertiary/aromatic N) is 2. The molecule has 31 heavy (non-hydrogen) atoms. The van der Waals surface area contributed by atoms with E-state index in [2.05, 4.69) is 10.3 Å². The van der Waals surface area contributed by atoms with Crippen LogP contribution in [0.2, 0.25) is 0 Å². The molecule has 2 heterocycles. The Morgan fingerprint density at radius 1 is 1.23 bits per heavy atom. The number of aryl methyl sites for hydroxylation is 2. The highest BCUT2D eigenvalue weighted by Crippen LogP contribution is 2.40. The van der Waals surface area contributed by atoms with Crippen LogP contribution in [0.15, 0.2) is 24.3 Å². The summed E-state index contributed by atoms with van der Waals surface area (Å²) in [6, 6.07) is 7.37. The third kappa shape index (κ3) is 4.63. The van der Waals surface area contributed by atoms with Crippen LogP contribution < -0.4 is 5.32 Å². The Morgan fingerprint density at radius 3 is 2.74 bits per heavy atom. The third-order valence-electron chi connectivity index (χ3n) is 5.90. The van der Waals surface area contributed by atoms with E-state index in [-0.39, 0.29) is 29.6 Å². The van der Waals surface area contributed by atoms with Crippen molar-refractivity contribution in [2.75, 3.05) is 25.0 Å². The van der Waals surface area contributed by atoms with E-state index in [0.29, 0.717) is 30.4 Å². The molecule has 1 saturated heterocycles. The number of anilines is 1. The first-order valence-corrected chi connectivity index (χ1v) is 11.6. The van der Waals surface area contributed by atoms with Crippen LogP contribution in [0.4, 0.5) is 5.13 Å². The van der Waals surface area contributed by atoms with Crippen molar-refractivity contribution in [3.63, 3.8) is 0 Å². The second-order valence-corrected chi connectivity index (χ2v) is 9.20. The lowest BCUT2D eigenvalue weighted by Gasteiger charge is -2.33. The smallest absolute Gasteiger partial charge is 0.310 e. The molecule has 0 saturated carbocycles. The monoisotopic (exact) mass is 441 g/mol. The number of likely N-dealkylation sites (tertiary alicyclic amines) is 1. The second-order valence-electron chi connectivity index (χ2n) is 8.11. The van der Waals surface area contributed by atoms with Crippen LogP contribution in [0.25, 0.3) is 0 Å². The molecule has 2 amide bonds. The van der Waals surface area contributed by atoms with Crippen molar-refractivity contribution in [2.45, 2.75) is 45.4 Å². The molecule has 0 radical (unpaired) electrons. The number of hydrogen-bond acceptors (Lipinski definition) is 6. The summed E-state index contributed by atoms with van der Waals surface area (Å²) in [5.74, 6) is -0.963. The molecule has 0 spiro atoms. The van der Waals surface area contributed by atoms with Gasteiger partial charge < -0.3 is 9.64 Å². The molecule has 2 atom stereocenters. The average Bonchev–Trinajstić information content (AvgIpc) is 3.34. The van der Waals surface area contributed by atoms with Gasteiger partial charge in [-0.25, -0.2) is 4.98 Å². The fourth-order valence-electron chi connectivity index (χ4n) is 4.25. The number of esters is 1. The molecule has 0 bridgehead atoms.